The molecular weight excluding hydrogens is 284 g/mol. The molecule has 0 radical (unpaired) electrons. The first kappa shape index (κ1) is 15.0. The molecule has 1 fully saturated rings. The number of benzene rings is 1. The summed E-state index contributed by atoms with van der Waals surface area (Å²) in [6, 6.07) is 5.67. The van der Waals surface area contributed by atoms with Crippen LogP contribution in [-0.4, -0.2) is 27.5 Å². The van der Waals surface area contributed by atoms with Gasteiger partial charge < -0.3 is 5.32 Å². The minimum absolute atomic E-state index is 0.0345. The first-order valence-corrected chi connectivity index (χ1v) is 9.39. The van der Waals surface area contributed by atoms with E-state index in [1.807, 2.05) is 12.1 Å². The molecule has 4 nitrogen and oxygen atoms in total. The van der Waals surface area contributed by atoms with Gasteiger partial charge in [-0.25, -0.2) is 13.1 Å². The summed E-state index contributed by atoms with van der Waals surface area (Å²) in [5.74, 6) is 0.325. The van der Waals surface area contributed by atoms with Crippen LogP contribution in [0, 0.1) is 5.92 Å². The van der Waals surface area contributed by atoms with Crippen LogP contribution in [0.1, 0.15) is 37.3 Å². The molecule has 2 aliphatic rings. The van der Waals surface area contributed by atoms with Crippen LogP contribution in [0.4, 0.5) is 0 Å². The lowest BCUT2D eigenvalue weighted by Gasteiger charge is -2.30. The standard InChI is InChI=1S/C16H24N2O2S/c1-12-11-17-9-8-16(12)18-21(19,20)15-7-6-13-4-2-3-5-14(13)10-15/h6-7,10,12,16-18H,2-5,8-9,11H2,1H3. The van der Waals surface area contributed by atoms with E-state index in [2.05, 4.69) is 17.0 Å². The van der Waals surface area contributed by atoms with Crippen molar-refractivity contribution in [3.63, 3.8) is 0 Å². The maximum Gasteiger partial charge on any atom is 0.240 e. The number of piperidine rings is 1. The maximum atomic E-state index is 12.6. The highest BCUT2D eigenvalue weighted by Gasteiger charge is 2.27. The predicted octanol–water partition coefficient (Wildman–Crippen LogP) is 1.84. The summed E-state index contributed by atoms with van der Waals surface area (Å²) in [6.07, 6.45) is 5.31. The Hall–Kier alpha value is -0.910. The van der Waals surface area contributed by atoms with Gasteiger partial charge in [0.1, 0.15) is 0 Å². The Morgan fingerprint density at radius 2 is 1.95 bits per heavy atom. The maximum absolute atomic E-state index is 12.6. The van der Waals surface area contributed by atoms with Gasteiger partial charge >= 0.3 is 0 Å². The van der Waals surface area contributed by atoms with E-state index in [1.54, 1.807) is 6.07 Å². The Morgan fingerprint density at radius 1 is 1.19 bits per heavy atom. The largest absolute Gasteiger partial charge is 0.316 e. The van der Waals surface area contributed by atoms with Gasteiger partial charge in [0.15, 0.2) is 0 Å². The van der Waals surface area contributed by atoms with E-state index in [1.165, 1.54) is 17.5 Å². The second kappa shape index (κ2) is 6.07. The van der Waals surface area contributed by atoms with E-state index < -0.39 is 10.0 Å². The summed E-state index contributed by atoms with van der Waals surface area (Å²) in [5.41, 5.74) is 2.53. The summed E-state index contributed by atoms with van der Waals surface area (Å²) >= 11 is 0. The molecule has 0 spiro atoms. The molecule has 1 aliphatic heterocycles. The lowest BCUT2D eigenvalue weighted by atomic mass is 9.92. The van der Waals surface area contributed by atoms with Crippen molar-refractivity contribution in [2.45, 2.75) is 50.0 Å². The average Bonchev–Trinajstić information content (AvgIpc) is 2.49. The van der Waals surface area contributed by atoms with E-state index in [4.69, 9.17) is 0 Å². The SMILES string of the molecule is CC1CNCCC1NS(=O)(=O)c1ccc2c(c1)CCCC2. The molecule has 1 saturated heterocycles. The Bertz CT molecular complexity index is 613. The van der Waals surface area contributed by atoms with Crippen LogP contribution >= 0.6 is 0 Å². The highest BCUT2D eigenvalue weighted by molar-refractivity contribution is 7.89. The van der Waals surface area contributed by atoms with E-state index in [9.17, 15) is 8.42 Å². The predicted molar refractivity (Wildman–Crippen MR) is 83.8 cm³/mol. The molecule has 2 atom stereocenters. The Balaban J connectivity index is 1.81. The first-order valence-electron chi connectivity index (χ1n) is 7.91. The van der Waals surface area contributed by atoms with Gasteiger partial charge in [-0.15, -0.1) is 0 Å². The van der Waals surface area contributed by atoms with E-state index in [-0.39, 0.29) is 6.04 Å². The van der Waals surface area contributed by atoms with Crippen molar-refractivity contribution in [3.8, 4) is 0 Å². The number of hydrogen-bond donors (Lipinski definition) is 2. The monoisotopic (exact) mass is 308 g/mol. The van der Waals surface area contributed by atoms with Crippen LogP contribution in [0.5, 0.6) is 0 Å². The van der Waals surface area contributed by atoms with Gasteiger partial charge in [-0.1, -0.05) is 13.0 Å². The van der Waals surface area contributed by atoms with Crippen LogP contribution in [0.15, 0.2) is 23.1 Å². The fraction of sp³-hybridized carbons (Fsp3) is 0.625. The number of rotatable bonds is 3. The zero-order valence-electron chi connectivity index (χ0n) is 12.6. The molecule has 0 aromatic heterocycles. The molecule has 0 amide bonds. The normalized spacial score (nSPS) is 26.3. The van der Waals surface area contributed by atoms with Crippen LogP contribution < -0.4 is 10.0 Å². The molecular formula is C16H24N2O2S. The molecule has 1 aliphatic carbocycles. The second-order valence-corrected chi connectivity index (χ2v) is 8.05. The van der Waals surface area contributed by atoms with Crippen molar-refractivity contribution < 1.29 is 8.42 Å². The third kappa shape index (κ3) is 3.30. The van der Waals surface area contributed by atoms with Gasteiger partial charge in [0, 0.05) is 6.04 Å². The zero-order chi connectivity index (χ0) is 14.9. The summed E-state index contributed by atoms with van der Waals surface area (Å²) in [7, 11) is -3.40. The number of aryl methyl sites for hydroxylation is 2. The molecule has 0 bridgehead atoms. The number of hydrogen-bond acceptors (Lipinski definition) is 3. The van der Waals surface area contributed by atoms with Gasteiger partial charge in [-0.3, -0.25) is 0 Å². The minimum atomic E-state index is -3.40. The average molecular weight is 308 g/mol. The van der Waals surface area contributed by atoms with Gasteiger partial charge in [-0.05, 0) is 74.4 Å². The Morgan fingerprint density at radius 3 is 2.71 bits per heavy atom. The number of nitrogens with one attached hydrogen (secondary N) is 2. The van der Waals surface area contributed by atoms with Crippen LogP contribution in [0.3, 0.4) is 0 Å². The van der Waals surface area contributed by atoms with Crippen molar-refractivity contribution in [1.29, 1.82) is 0 Å². The number of sulfonamides is 1. The molecule has 3 rings (SSSR count). The van der Waals surface area contributed by atoms with Crippen molar-refractivity contribution >= 4 is 10.0 Å². The van der Waals surface area contributed by atoms with Gasteiger partial charge in [-0.2, -0.15) is 0 Å². The van der Waals surface area contributed by atoms with E-state index in [0.29, 0.717) is 10.8 Å². The smallest absolute Gasteiger partial charge is 0.240 e. The molecule has 1 heterocycles. The summed E-state index contributed by atoms with van der Waals surface area (Å²) < 4.78 is 28.1. The molecule has 1 aromatic rings. The first-order chi connectivity index (χ1) is 10.1. The second-order valence-electron chi connectivity index (χ2n) is 6.34. The quantitative estimate of drug-likeness (QED) is 0.896. The zero-order valence-corrected chi connectivity index (χ0v) is 13.4. The summed E-state index contributed by atoms with van der Waals surface area (Å²) in [6.45, 7) is 3.84. The lowest BCUT2D eigenvalue weighted by Crippen LogP contribution is -2.48. The molecule has 21 heavy (non-hydrogen) atoms. The lowest BCUT2D eigenvalue weighted by molar-refractivity contribution is 0.328. The fourth-order valence-corrected chi connectivity index (χ4v) is 4.76. The van der Waals surface area contributed by atoms with Crippen molar-refractivity contribution in [3.05, 3.63) is 29.3 Å². The Kier molecular flexibility index (Phi) is 4.33. The number of fused-ring (bicyclic) bond motifs is 1. The van der Waals surface area contributed by atoms with Crippen LogP contribution in [0.2, 0.25) is 0 Å². The van der Waals surface area contributed by atoms with Gasteiger partial charge in [0.2, 0.25) is 10.0 Å². The van der Waals surface area contributed by atoms with E-state index in [0.717, 1.165) is 38.8 Å². The highest BCUT2D eigenvalue weighted by atomic mass is 32.2. The highest BCUT2D eigenvalue weighted by Crippen LogP contribution is 2.24. The van der Waals surface area contributed by atoms with Crippen LogP contribution in [0.25, 0.3) is 0 Å². The van der Waals surface area contributed by atoms with E-state index >= 15 is 0 Å². The molecule has 2 unspecified atom stereocenters. The van der Waals surface area contributed by atoms with Crippen LogP contribution in [-0.2, 0) is 22.9 Å². The van der Waals surface area contributed by atoms with Gasteiger partial charge in [0.05, 0.1) is 4.90 Å². The molecule has 0 saturated carbocycles. The van der Waals surface area contributed by atoms with Crippen molar-refractivity contribution in [2.75, 3.05) is 13.1 Å². The molecule has 1 aromatic carbocycles. The van der Waals surface area contributed by atoms with Crippen molar-refractivity contribution in [2.24, 2.45) is 5.92 Å². The third-order valence-electron chi connectivity index (χ3n) is 4.72. The molecule has 2 N–H and O–H groups in total. The molecule has 5 heteroatoms. The van der Waals surface area contributed by atoms with Gasteiger partial charge in [0.25, 0.3) is 0 Å². The summed E-state index contributed by atoms with van der Waals surface area (Å²) in [4.78, 5) is 0.425. The Labute approximate surface area is 127 Å². The fourth-order valence-electron chi connectivity index (χ4n) is 3.33. The van der Waals surface area contributed by atoms with Crippen molar-refractivity contribution in [1.82, 2.24) is 10.0 Å². The third-order valence-corrected chi connectivity index (χ3v) is 6.21. The molecule has 116 valence electrons. The topological polar surface area (TPSA) is 58.2 Å². The summed E-state index contributed by atoms with van der Waals surface area (Å²) in [5, 5.41) is 3.30. The minimum Gasteiger partial charge on any atom is -0.316 e.